The first-order chi connectivity index (χ1) is 15.2. The second-order valence-electron chi connectivity index (χ2n) is 9.65. The van der Waals surface area contributed by atoms with Crippen molar-refractivity contribution >= 4 is 12.1 Å². The van der Waals surface area contributed by atoms with Gasteiger partial charge in [0.05, 0.1) is 12.6 Å². The Hall–Kier alpha value is -2.35. The number of benzene rings is 1. The van der Waals surface area contributed by atoms with Gasteiger partial charge in [0.25, 0.3) is 0 Å². The molecule has 2 heterocycles. The predicted octanol–water partition coefficient (Wildman–Crippen LogP) is 3.44. The van der Waals surface area contributed by atoms with Gasteiger partial charge in [0, 0.05) is 38.3 Å². The van der Waals surface area contributed by atoms with Gasteiger partial charge in [-0.25, -0.2) is 9.18 Å². The predicted molar refractivity (Wildman–Crippen MR) is 123 cm³/mol. The van der Waals surface area contributed by atoms with Gasteiger partial charge in [-0.05, 0) is 64.7 Å². The van der Waals surface area contributed by atoms with Crippen molar-refractivity contribution in [1.82, 2.24) is 15.5 Å². The van der Waals surface area contributed by atoms with Crippen LogP contribution < -0.4 is 10.6 Å². The summed E-state index contributed by atoms with van der Waals surface area (Å²) in [6.07, 6.45) is 2.05. The molecule has 0 aliphatic carbocycles. The van der Waals surface area contributed by atoms with Crippen molar-refractivity contribution in [2.75, 3.05) is 39.4 Å². The molecule has 0 bridgehead atoms. The number of amides is 1. The van der Waals surface area contributed by atoms with E-state index in [0.717, 1.165) is 43.9 Å². The lowest BCUT2D eigenvalue weighted by Crippen LogP contribution is -2.45. The largest absolute Gasteiger partial charge is 0.444 e. The third-order valence-electron chi connectivity index (χ3n) is 5.96. The van der Waals surface area contributed by atoms with Gasteiger partial charge in [-0.15, -0.1) is 0 Å². The SMILES string of the molecule is CCNC(=NCC1(c2cccc(F)c2)CCOCC1)N1CCC(NC(=O)OC(C)(C)C)C1. The molecule has 1 unspecified atom stereocenters. The second-order valence-corrected chi connectivity index (χ2v) is 9.65. The minimum absolute atomic E-state index is 0.00830. The molecule has 0 saturated carbocycles. The summed E-state index contributed by atoms with van der Waals surface area (Å²) in [5.41, 5.74) is 0.217. The van der Waals surface area contributed by atoms with E-state index in [4.69, 9.17) is 14.5 Å². The summed E-state index contributed by atoms with van der Waals surface area (Å²) in [4.78, 5) is 19.3. The molecule has 2 fully saturated rings. The molecule has 1 amide bonds. The molecule has 7 nitrogen and oxygen atoms in total. The van der Waals surface area contributed by atoms with Gasteiger partial charge in [-0.3, -0.25) is 4.99 Å². The smallest absolute Gasteiger partial charge is 0.407 e. The maximum atomic E-state index is 14.0. The van der Waals surface area contributed by atoms with E-state index in [9.17, 15) is 9.18 Å². The number of halogens is 1. The number of nitrogens with zero attached hydrogens (tertiary/aromatic N) is 2. The Labute approximate surface area is 190 Å². The van der Waals surface area contributed by atoms with Crippen LogP contribution in [-0.2, 0) is 14.9 Å². The van der Waals surface area contributed by atoms with Crippen molar-refractivity contribution in [3.05, 3.63) is 35.6 Å². The van der Waals surface area contributed by atoms with Crippen LogP contribution in [0.3, 0.4) is 0 Å². The van der Waals surface area contributed by atoms with Gasteiger partial charge in [-0.1, -0.05) is 12.1 Å². The molecule has 1 aromatic carbocycles. The highest BCUT2D eigenvalue weighted by atomic mass is 19.1. The van der Waals surface area contributed by atoms with Gasteiger partial charge >= 0.3 is 6.09 Å². The fourth-order valence-corrected chi connectivity index (χ4v) is 4.32. The number of hydrogen-bond donors (Lipinski definition) is 2. The number of guanidine groups is 1. The average molecular weight is 449 g/mol. The summed E-state index contributed by atoms with van der Waals surface area (Å²) in [7, 11) is 0. The molecular formula is C24H37FN4O3. The van der Waals surface area contributed by atoms with Crippen LogP contribution in [0.25, 0.3) is 0 Å². The van der Waals surface area contributed by atoms with Gasteiger partial charge < -0.3 is 25.0 Å². The lowest BCUT2D eigenvalue weighted by molar-refractivity contribution is 0.0507. The van der Waals surface area contributed by atoms with E-state index in [1.165, 1.54) is 6.07 Å². The van der Waals surface area contributed by atoms with Gasteiger partial charge in [-0.2, -0.15) is 0 Å². The van der Waals surface area contributed by atoms with E-state index in [0.29, 0.717) is 26.3 Å². The molecular weight excluding hydrogens is 411 g/mol. The summed E-state index contributed by atoms with van der Waals surface area (Å²) >= 11 is 0. The average Bonchev–Trinajstić information content (AvgIpc) is 3.18. The molecule has 2 aliphatic heterocycles. The molecule has 0 aromatic heterocycles. The van der Waals surface area contributed by atoms with Crippen molar-refractivity contribution < 1.29 is 18.7 Å². The Bertz CT molecular complexity index is 803. The highest BCUT2D eigenvalue weighted by Crippen LogP contribution is 2.35. The van der Waals surface area contributed by atoms with Gasteiger partial charge in [0.2, 0.25) is 0 Å². The third-order valence-corrected chi connectivity index (χ3v) is 5.96. The minimum atomic E-state index is -0.520. The summed E-state index contributed by atoms with van der Waals surface area (Å²) in [5, 5.41) is 6.35. The fourth-order valence-electron chi connectivity index (χ4n) is 4.32. The van der Waals surface area contributed by atoms with Crippen molar-refractivity contribution in [3.63, 3.8) is 0 Å². The van der Waals surface area contributed by atoms with Crippen molar-refractivity contribution in [3.8, 4) is 0 Å². The molecule has 8 heteroatoms. The van der Waals surface area contributed by atoms with E-state index in [2.05, 4.69) is 15.5 Å². The minimum Gasteiger partial charge on any atom is -0.444 e. The number of carbonyl (C=O) groups excluding carboxylic acids is 1. The lowest BCUT2D eigenvalue weighted by Gasteiger charge is -2.37. The number of aliphatic imine (C=N–C) groups is 1. The third kappa shape index (κ3) is 6.58. The van der Waals surface area contributed by atoms with Crippen LogP contribution in [0.1, 0.15) is 52.5 Å². The van der Waals surface area contributed by atoms with Crippen LogP contribution in [0, 0.1) is 5.82 Å². The lowest BCUT2D eigenvalue weighted by atomic mass is 9.74. The normalized spacial score (nSPS) is 21.3. The van der Waals surface area contributed by atoms with Crippen molar-refractivity contribution in [1.29, 1.82) is 0 Å². The Morgan fingerprint density at radius 1 is 1.34 bits per heavy atom. The van der Waals surface area contributed by atoms with Crippen LogP contribution >= 0.6 is 0 Å². The number of hydrogen-bond acceptors (Lipinski definition) is 4. The molecule has 2 saturated heterocycles. The Kier molecular flexibility index (Phi) is 7.98. The van der Waals surface area contributed by atoms with E-state index < -0.39 is 11.7 Å². The van der Waals surface area contributed by atoms with Crippen molar-refractivity contribution in [2.45, 2.75) is 64.0 Å². The maximum absolute atomic E-state index is 14.0. The molecule has 1 atom stereocenters. The number of nitrogens with one attached hydrogen (secondary N) is 2. The second kappa shape index (κ2) is 10.5. The molecule has 0 spiro atoms. The molecule has 32 heavy (non-hydrogen) atoms. The molecule has 3 rings (SSSR count). The van der Waals surface area contributed by atoms with Crippen LogP contribution in [0.2, 0.25) is 0 Å². The highest BCUT2D eigenvalue weighted by molar-refractivity contribution is 5.80. The van der Waals surface area contributed by atoms with Crippen LogP contribution in [0.4, 0.5) is 9.18 Å². The zero-order valence-corrected chi connectivity index (χ0v) is 19.7. The monoisotopic (exact) mass is 448 g/mol. The van der Waals surface area contributed by atoms with E-state index >= 15 is 0 Å². The summed E-state index contributed by atoms with van der Waals surface area (Å²) < 4.78 is 25.0. The molecule has 2 aliphatic rings. The highest BCUT2D eigenvalue weighted by Gasteiger charge is 2.35. The summed E-state index contributed by atoms with van der Waals surface area (Å²) in [5.74, 6) is 0.600. The number of rotatable bonds is 5. The number of ether oxygens (including phenoxy) is 2. The summed E-state index contributed by atoms with van der Waals surface area (Å²) in [6, 6.07) is 6.88. The molecule has 2 N–H and O–H groups in total. The molecule has 178 valence electrons. The van der Waals surface area contributed by atoms with E-state index in [1.54, 1.807) is 12.1 Å². The number of likely N-dealkylation sites (tertiary alicyclic amines) is 1. The molecule has 1 aromatic rings. The summed E-state index contributed by atoms with van der Waals surface area (Å²) in [6.45, 7) is 11.7. The van der Waals surface area contributed by atoms with Crippen molar-refractivity contribution in [2.24, 2.45) is 4.99 Å². The zero-order chi connectivity index (χ0) is 23.2. The standard InChI is InChI=1S/C24H37FN4O3/c1-5-26-21(29-12-9-20(16-29)28-22(30)32-23(2,3)4)27-17-24(10-13-31-14-11-24)18-7-6-8-19(25)15-18/h6-8,15,20H,5,9-14,16-17H2,1-4H3,(H,26,27)(H,28,30). The maximum Gasteiger partial charge on any atom is 0.407 e. The first-order valence-corrected chi connectivity index (χ1v) is 11.6. The topological polar surface area (TPSA) is 75.2 Å². The fraction of sp³-hybridized carbons (Fsp3) is 0.667. The quantitative estimate of drug-likeness (QED) is 0.533. The first kappa shape index (κ1) is 24.3. The van der Waals surface area contributed by atoms with E-state index in [1.807, 2.05) is 33.8 Å². The molecule has 0 radical (unpaired) electrons. The Morgan fingerprint density at radius 2 is 2.09 bits per heavy atom. The van der Waals surface area contributed by atoms with E-state index in [-0.39, 0.29) is 17.3 Å². The van der Waals surface area contributed by atoms with Crippen LogP contribution in [-0.4, -0.2) is 68.0 Å². The Morgan fingerprint density at radius 3 is 2.75 bits per heavy atom. The Balaban J connectivity index is 1.70. The number of carbonyl (C=O) groups is 1. The van der Waals surface area contributed by atoms with Crippen LogP contribution in [0.15, 0.2) is 29.3 Å². The van der Waals surface area contributed by atoms with Crippen LogP contribution in [0.5, 0.6) is 0 Å². The van der Waals surface area contributed by atoms with Gasteiger partial charge in [0.15, 0.2) is 5.96 Å². The first-order valence-electron chi connectivity index (χ1n) is 11.6. The number of alkyl carbamates (subject to hydrolysis) is 1. The zero-order valence-electron chi connectivity index (χ0n) is 19.7. The van der Waals surface area contributed by atoms with Gasteiger partial charge in [0.1, 0.15) is 11.4 Å².